The first-order valence-corrected chi connectivity index (χ1v) is 50.7. The molecule has 782 valence electrons. The van der Waals surface area contributed by atoms with Gasteiger partial charge in [0.1, 0.15) is 56.8 Å². The summed E-state index contributed by atoms with van der Waals surface area (Å²) in [6.45, 7) is 9.99. The van der Waals surface area contributed by atoms with E-state index in [-0.39, 0.29) is 50.5 Å². The van der Waals surface area contributed by atoms with E-state index in [4.69, 9.17) is 50.5 Å². The molecule has 8 aromatic carbocycles. The number of benzene rings is 8. The maximum absolute atomic E-state index is 13.9. The number of aromatic amines is 1. The molecule has 51 heteroatoms. The Morgan fingerprint density at radius 1 is 0.453 bits per heavy atom. The van der Waals surface area contributed by atoms with Crippen LogP contribution in [0.4, 0.5) is 60.5 Å². The van der Waals surface area contributed by atoms with Crippen LogP contribution < -0.4 is 59.2 Å². The number of hydrogen-bond acceptors (Lipinski definition) is 39. The number of likely N-dealkylation sites (tertiary alicyclic amines) is 2. The first-order valence-electron chi connectivity index (χ1n) is 46.0. The molecular formula is C99H106ClF2N29O16S3. The summed E-state index contributed by atoms with van der Waals surface area (Å²) in [6, 6.07) is 43.8. The topological polar surface area (TPSA) is 526 Å². The minimum absolute atomic E-state index is 0.0291. The smallest absolute Gasteiger partial charge is 0.307 e. The van der Waals surface area contributed by atoms with E-state index in [1.54, 1.807) is 134 Å². The normalized spacial score (nSPS) is 12.0. The molecule has 0 saturated carbocycles. The molecule has 0 aliphatic carbocycles. The lowest BCUT2D eigenvalue weighted by Crippen LogP contribution is -2.31. The number of halogens is 3. The fourth-order valence-electron chi connectivity index (χ4n) is 15.5. The lowest BCUT2D eigenvalue weighted by atomic mass is 10.2. The third kappa shape index (κ3) is 27.9. The number of thioether (sulfide) groups is 2. The molecule has 2 aliphatic heterocycles. The monoisotopic (exact) mass is 2130 g/mol. The first kappa shape index (κ1) is 110. The summed E-state index contributed by atoms with van der Waals surface area (Å²) < 4.78 is 98.4. The summed E-state index contributed by atoms with van der Waals surface area (Å²) in [5, 5.41) is 69.7. The number of fused-ring (bicyclic) bond motifs is 5. The van der Waals surface area contributed by atoms with E-state index in [2.05, 4.69) is 113 Å². The maximum atomic E-state index is 13.9. The zero-order chi connectivity index (χ0) is 107. The third-order valence-corrected chi connectivity index (χ3v) is 25.1. The molecule has 18 aromatic rings. The number of ether oxygens (including phenoxy) is 8. The molecule has 0 amide bonds. The summed E-state index contributed by atoms with van der Waals surface area (Å²) in [5.41, 5.74) is 9.36. The Morgan fingerprint density at radius 3 is 1.24 bits per heavy atom. The number of nitrogens with two attached hydrogens (primary N) is 1. The van der Waals surface area contributed by atoms with Crippen molar-refractivity contribution in [3.8, 4) is 69.3 Å². The van der Waals surface area contributed by atoms with Crippen molar-refractivity contribution in [2.24, 2.45) is 0 Å². The van der Waals surface area contributed by atoms with Gasteiger partial charge >= 0.3 is 11.4 Å². The molecule has 0 spiro atoms. The number of rotatable bonds is 29. The molecule has 45 nitrogen and oxygen atoms in total. The lowest BCUT2D eigenvalue weighted by Gasteiger charge is -2.24. The Kier molecular flexibility index (Phi) is 38.9. The Balaban J connectivity index is 0.000000150. The number of nitro groups is 3. The number of unbranched alkanes of at least 4 members (excludes halogenated alkanes) is 1. The van der Waals surface area contributed by atoms with E-state index in [0.29, 0.717) is 68.7 Å². The molecule has 2 fully saturated rings. The molecule has 5 N–H and O–H groups in total. The number of nitrogens with one attached hydrogen (secondary N) is 3. The van der Waals surface area contributed by atoms with Crippen LogP contribution in [-0.4, -0.2) is 261 Å². The van der Waals surface area contributed by atoms with E-state index in [1.165, 1.54) is 121 Å². The molecule has 150 heavy (non-hydrogen) atoms. The zero-order valence-electron chi connectivity index (χ0n) is 83.6. The van der Waals surface area contributed by atoms with Crippen LogP contribution in [0.1, 0.15) is 45.4 Å². The average molecular weight is 2130 g/mol. The number of aromatic nitrogens is 20. The molecule has 12 heterocycles. The Bertz CT molecular complexity index is 7820. The fraction of sp³-hybridized carbons (Fsp3) is 0.263. The molecule has 10 aromatic heterocycles. The van der Waals surface area contributed by atoms with Gasteiger partial charge in [0.25, 0.3) is 5.69 Å². The van der Waals surface area contributed by atoms with Crippen LogP contribution in [0.25, 0.3) is 77.8 Å². The van der Waals surface area contributed by atoms with Crippen molar-refractivity contribution in [1.29, 1.82) is 0 Å². The number of hydrogen-bond donors (Lipinski definition) is 4. The van der Waals surface area contributed by atoms with Crippen LogP contribution >= 0.6 is 35.1 Å². The van der Waals surface area contributed by atoms with Gasteiger partial charge in [0.15, 0.2) is 33.6 Å². The van der Waals surface area contributed by atoms with Crippen LogP contribution in [0.15, 0.2) is 235 Å². The van der Waals surface area contributed by atoms with Crippen molar-refractivity contribution in [2.75, 3.05) is 150 Å². The van der Waals surface area contributed by atoms with Gasteiger partial charge in [-0.25, -0.2) is 62.0 Å². The number of H-pyrrole nitrogens is 1. The largest absolute Gasteiger partial charge is 0.496 e. The van der Waals surface area contributed by atoms with Crippen molar-refractivity contribution < 1.29 is 69.9 Å². The van der Waals surface area contributed by atoms with Crippen molar-refractivity contribution in [2.45, 2.75) is 60.9 Å². The molecule has 20 rings (SSSR count). The minimum atomic E-state index is -3.47. The first-order chi connectivity index (χ1) is 72.6. The van der Waals surface area contributed by atoms with Crippen molar-refractivity contribution in [1.82, 2.24) is 109 Å². The lowest BCUT2D eigenvalue weighted by molar-refractivity contribution is -0.387. The van der Waals surface area contributed by atoms with Gasteiger partial charge in [0, 0.05) is 118 Å². The highest BCUT2D eigenvalue weighted by Gasteiger charge is 2.27. The van der Waals surface area contributed by atoms with Gasteiger partial charge in [-0.05, 0) is 144 Å². The van der Waals surface area contributed by atoms with Gasteiger partial charge < -0.3 is 69.0 Å². The molecule has 0 atom stereocenters. The molecule has 0 radical (unpaired) electrons. The highest BCUT2D eigenvalue weighted by atomic mass is 35.5. The van der Waals surface area contributed by atoms with Crippen molar-refractivity contribution in [3.63, 3.8) is 0 Å². The second kappa shape index (κ2) is 52.9. The zero-order valence-corrected chi connectivity index (χ0v) is 86.8. The Morgan fingerprint density at radius 2 is 0.827 bits per heavy atom. The van der Waals surface area contributed by atoms with Crippen molar-refractivity contribution in [3.05, 3.63) is 267 Å². The number of likely N-dealkylation sites (N-methyl/N-ethyl adjacent to an activating group) is 1. The molecule has 0 unspecified atom stereocenters. The van der Waals surface area contributed by atoms with E-state index in [1.807, 2.05) is 122 Å². The Hall–Kier alpha value is -17.0. The summed E-state index contributed by atoms with van der Waals surface area (Å²) in [6.07, 6.45) is 29.4. The summed E-state index contributed by atoms with van der Waals surface area (Å²) in [5.74, 6) is 4.86. The van der Waals surface area contributed by atoms with E-state index >= 15 is 0 Å². The number of nitro benzene ring substituents is 3. The van der Waals surface area contributed by atoms with E-state index in [0.717, 1.165) is 127 Å². The van der Waals surface area contributed by atoms with Gasteiger partial charge in [-0.15, -0.1) is 0 Å². The number of nitrogen functional groups attached to an aromatic ring is 1. The Labute approximate surface area is 871 Å². The second-order valence-corrected chi connectivity index (χ2v) is 36.1. The molecule has 2 saturated heterocycles. The van der Waals surface area contributed by atoms with Gasteiger partial charge in [-0.3, -0.25) is 35.4 Å². The number of methoxy groups -OCH3 is 8. The standard InChI is InChI=1S/C26H30N8O4.C19H15FN6O4.C13H12N4O3S.C13H12N4OS.C8H8N2O.C8H17N.C7H7FN2O3.C5H5ClN2S/c1-31(13-14-32-11-4-5-12-32)21-16-24(38-3)19(15-22(21)34(35)36)29-26-27-10-9-25(30-26)33-20-7-6-8-23(37-2)18(20)17-28-33;1-29-16-5-3-4-14-11(16)10-22-25(14)18-6-7-21-19(24-18)23-13-9-15(26(27)28)12(20)8-17(13)30-2;1-20-11-5-3-4-10-9(11)8-15-17(10)12-6-7-14-13(16-12)21(2,18)19;1-18-11-5-3-4-10-9(11)8-15-17(10)12-6-7-14-13(16-12)19-2;1-11-8-4-2-3-7-6(8)5-9-10-7;1-2-3-6-9-7-4-5-8-9;1-13-7-2-4(8)6(10(11)12)3-5(7)9;1-9-5-7-3-2-4(6)8-5/h6-10,15-17H,4-5,11-14H2,1-3H3,(H,27,29,30);3-10H,1-2H3,(H,21,23,24);3-8H,1-2H3;3-8H,1-2H3;2-5H,1H3,(H,9,10);2-8H2,1H3;2-3H,9H2,1H3;2-3H,1H3. The summed E-state index contributed by atoms with van der Waals surface area (Å²) >= 11 is 8.54. The van der Waals surface area contributed by atoms with Gasteiger partial charge in [-0.1, -0.05) is 78.8 Å². The number of nitrogens with zero attached hydrogens (tertiary/aromatic N) is 25. The van der Waals surface area contributed by atoms with Crippen molar-refractivity contribution >= 4 is 151 Å². The highest BCUT2D eigenvalue weighted by Crippen LogP contribution is 2.41. The quantitative estimate of drug-likeness (QED) is 0.00844. The van der Waals surface area contributed by atoms with Gasteiger partial charge in [-0.2, -0.15) is 49.2 Å². The maximum Gasteiger partial charge on any atom is 0.307 e. The van der Waals surface area contributed by atoms with Crippen LogP contribution in [0.2, 0.25) is 5.15 Å². The summed E-state index contributed by atoms with van der Waals surface area (Å²) in [4.78, 5) is 79.8. The van der Waals surface area contributed by atoms with Crippen LogP contribution in [-0.2, 0) is 9.84 Å². The number of anilines is 6. The van der Waals surface area contributed by atoms with E-state index in [9.17, 15) is 47.5 Å². The predicted octanol–water partition coefficient (Wildman–Crippen LogP) is 18.0. The van der Waals surface area contributed by atoms with Crippen LogP contribution in [0.5, 0.6) is 46.0 Å². The number of sulfone groups is 1. The van der Waals surface area contributed by atoms with E-state index < -0.39 is 42.7 Å². The molecule has 0 bridgehead atoms. The molecule has 2 aliphatic rings. The van der Waals surface area contributed by atoms with Crippen LogP contribution in [0.3, 0.4) is 0 Å². The average Bonchev–Trinajstić information content (AvgIpc) is 1.66. The third-order valence-electron chi connectivity index (χ3n) is 22.9. The van der Waals surface area contributed by atoms with Gasteiger partial charge in [0.05, 0.1) is 174 Å². The van der Waals surface area contributed by atoms with Crippen LogP contribution in [0, 0.1) is 42.0 Å². The minimum Gasteiger partial charge on any atom is -0.496 e. The SMILES string of the molecule is CCCCN1CCCC1.COc1cc(F)c([N+](=O)[O-])cc1N.COc1cc(F)c([N+](=O)[O-])cc1Nc1nccc(-n2ncc3c(OC)cccc32)n1.COc1cc(N(C)CCN2CCCC2)c([N+](=O)[O-])cc1Nc1nccc(-n2ncc3c(OC)cccc32)n1.COc1cccc2[nH]ncc12.COc1cccc2c1cnn2-c1ccnc(S(C)(=O)=O)n1.COc1cccc2c1cnn2-c1ccnc(SC)n1.CSc1nccc(Cl)n1. The summed E-state index contributed by atoms with van der Waals surface area (Å²) in [7, 11) is 10.6. The molecular weight excluding hydrogens is 2020 g/mol. The highest BCUT2D eigenvalue weighted by molar-refractivity contribution is 7.98. The van der Waals surface area contributed by atoms with Gasteiger partial charge in [0.2, 0.25) is 38.5 Å². The predicted molar refractivity (Wildman–Crippen MR) is 569 cm³/mol. The second-order valence-electron chi connectivity index (χ2n) is 32.3. The fourth-order valence-corrected chi connectivity index (χ4v) is 16.9.